The summed E-state index contributed by atoms with van der Waals surface area (Å²) >= 11 is 7.67. The van der Waals surface area contributed by atoms with Crippen LogP contribution in [0.4, 0.5) is 0 Å². The molecule has 0 aliphatic carbocycles. The second-order valence-corrected chi connectivity index (χ2v) is 8.52. The lowest BCUT2D eigenvalue weighted by molar-refractivity contribution is -0.123. The number of aromatic nitrogens is 3. The molecule has 9 heteroatoms. The van der Waals surface area contributed by atoms with Crippen LogP contribution in [0.5, 0.6) is 5.75 Å². The van der Waals surface area contributed by atoms with Gasteiger partial charge in [-0.3, -0.25) is 9.59 Å². The van der Waals surface area contributed by atoms with Gasteiger partial charge in [-0.25, -0.2) is 9.67 Å². The molecule has 0 spiro atoms. The van der Waals surface area contributed by atoms with E-state index in [0.717, 1.165) is 26.7 Å². The summed E-state index contributed by atoms with van der Waals surface area (Å²) in [6.45, 7) is 8.02. The number of rotatable bonds is 7. The number of nitrogens with zero attached hydrogens (tertiary/aromatic N) is 3. The number of nitrogens with one attached hydrogen (secondary N) is 1. The van der Waals surface area contributed by atoms with Gasteiger partial charge < -0.3 is 10.1 Å². The standard InChI is InChI=1S/C21H23ClN4O3S/c1-12-9-16(10-13(2)20(12)22)29-11-18(27)23-7-8-26-19(28)6-5-17(25-26)21-14(3)24-15(4)30-21/h5-6,9-10H,7-8,11H2,1-4H3,(H,23,27). The first-order valence-electron chi connectivity index (χ1n) is 9.43. The molecule has 1 N–H and O–H groups in total. The smallest absolute Gasteiger partial charge is 0.266 e. The molecule has 0 aliphatic heterocycles. The van der Waals surface area contributed by atoms with Crippen molar-refractivity contribution in [3.63, 3.8) is 0 Å². The second kappa shape index (κ2) is 9.40. The van der Waals surface area contributed by atoms with Crippen LogP contribution in [0.15, 0.2) is 29.1 Å². The van der Waals surface area contributed by atoms with Gasteiger partial charge in [0.2, 0.25) is 0 Å². The number of ether oxygens (including phenoxy) is 1. The fraction of sp³-hybridized carbons (Fsp3) is 0.333. The molecule has 0 aliphatic rings. The van der Waals surface area contributed by atoms with E-state index in [0.29, 0.717) is 16.5 Å². The Labute approximate surface area is 183 Å². The van der Waals surface area contributed by atoms with E-state index in [9.17, 15) is 9.59 Å². The van der Waals surface area contributed by atoms with Crippen molar-refractivity contribution in [1.82, 2.24) is 20.1 Å². The minimum atomic E-state index is -0.279. The fourth-order valence-corrected chi connectivity index (χ4v) is 3.98. The van der Waals surface area contributed by atoms with E-state index < -0.39 is 0 Å². The van der Waals surface area contributed by atoms with Crippen molar-refractivity contribution < 1.29 is 9.53 Å². The van der Waals surface area contributed by atoms with Gasteiger partial charge in [0.25, 0.3) is 11.5 Å². The van der Waals surface area contributed by atoms with E-state index in [1.165, 1.54) is 22.1 Å². The van der Waals surface area contributed by atoms with Crippen molar-refractivity contribution in [1.29, 1.82) is 0 Å². The van der Waals surface area contributed by atoms with Crippen LogP contribution >= 0.6 is 22.9 Å². The Morgan fingerprint density at radius 2 is 1.90 bits per heavy atom. The van der Waals surface area contributed by atoms with Crippen LogP contribution in [0.2, 0.25) is 5.02 Å². The molecule has 2 aromatic heterocycles. The Morgan fingerprint density at radius 3 is 2.53 bits per heavy atom. The maximum Gasteiger partial charge on any atom is 0.266 e. The zero-order valence-electron chi connectivity index (χ0n) is 17.3. The van der Waals surface area contributed by atoms with Crippen LogP contribution < -0.4 is 15.6 Å². The number of aryl methyl sites for hydroxylation is 4. The monoisotopic (exact) mass is 446 g/mol. The van der Waals surface area contributed by atoms with Gasteiger partial charge in [0.05, 0.1) is 22.1 Å². The number of carbonyl (C=O) groups excluding carboxylic acids is 1. The molecule has 0 saturated heterocycles. The molecular weight excluding hydrogens is 424 g/mol. The van der Waals surface area contributed by atoms with Crippen LogP contribution in [0.3, 0.4) is 0 Å². The topological polar surface area (TPSA) is 86.1 Å². The maximum absolute atomic E-state index is 12.1. The first-order valence-corrected chi connectivity index (χ1v) is 10.6. The third-order valence-corrected chi connectivity index (χ3v) is 6.12. The molecule has 158 valence electrons. The lowest BCUT2D eigenvalue weighted by atomic mass is 10.1. The molecule has 30 heavy (non-hydrogen) atoms. The summed E-state index contributed by atoms with van der Waals surface area (Å²) < 4.78 is 6.89. The Bertz CT molecular complexity index is 1120. The average Bonchev–Trinajstić information content (AvgIpc) is 3.03. The zero-order chi connectivity index (χ0) is 21.8. The van der Waals surface area contributed by atoms with E-state index in [-0.39, 0.29) is 31.2 Å². The molecule has 1 amide bonds. The van der Waals surface area contributed by atoms with Crippen molar-refractivity contribution >= 4 is 28.8 Å². The van der Waals surface area contributed by atoms with E-state index in [1.54, 1.807) is 18.2 Å². The van der Waals surface area contributed by atoms with Crippen molar-refractivity contribution in [2.45, 2.75) is 34.2 Å². The zero-order valence-corrected chi connectivity index (χ0v) is 18.9. The van der Waals surface area contributed by atoms with Crippen LogP contribution in [0.1, 0.15) is 21.8 Å². The lowest BCUT2D eigenvalue weighted by Crippen LogP contribution is -2.34. The van der Waals surface area contributed by atoms with Crippen LogP contribution in [-0.2, 0) is 11.3 Å². The van der Waals surface area contributed by atoms with Gasteiger partial charge in [0.1, 0.15) is 11.4 Å². The highest BCUT2D eigenvalue weighted by Crippen LogP contribution is 2.27. The first kappa shape index (κ1) is 22.0. The van der Waals surface area contributed by atoms with Gasteiger partial charge in [0, 0.05) is 17.6 Å². The van der Waals surface area contributed by atoms with Crippen molar-refractivity contribution in [2.75, 3.05) is 13.2 Å². The van der Waals surface area contributed by atoms with Crippen molar-refractivity contribution in [3.8, 4) is 16.3 Å². The van der Waals surface area contributed by atoms with E-state index in [1.807, 2.05) is 27.7 Å². The molecule has 2 heterocycles. The van der Waals surface area contributed by atoms with Crippen molar-refractivity contribution in [3.05, 3.63) is 61.5 Å². The molecular formula is C21H23ClN4O3S. The van der Waals surface area contributed by atoms with E-state index >= 15 is 0 Å². The van der Waals surface area contributed by atoms with Crippen LogP contribution in [-0.4, -0.2) is 33.8 Å². The highest BCUT2D eigenvalue weighted by Gasteiger charge is 2.11. The van der Waals surface area contributed by atoms with Crippen LogP contribution in [0.25, 0.3) is 10.6 Å². The summed E-state index contributed by atoms with van der Waals surface area (Å²) in [7, 11) is 0. The number of thiazole rings is 1. The molecule has 3 aromatic rings. The summed E-state index contributed by atoms with van der Waals surface area (Å²) in [6, 6.07) is 6.76. The number of hydrogen-bond donors (Lipinski definition) is 1. The summed E-state index contributed by atoms with van der Waals surface area (Å²) in [5, 5.41) is 8.79. The number of amides is 1. The Balaban J connectivity index is 1.56. The summed E-state index contributed by atoms with van der Waals surface area (Å²) in [6.07, 6.45) is 0. The predicted octanol–water partition coefficient (Wildman–Crippen LogP) is 3.45. The SMILES string of the molecule is Cc1nc(C)c(-c2ccc(=O)n(CCNC(=O)COc3cc(C)c(Cl)c(C)c3)n2)s1. The highest BCUT2D eigenvalue weighted by molar-refractivity contribution is 7.15. The quantitative estimate of drug-likeness (QED) is 0.600. The molecule has 3 rings (SSSR count). The minimum absolute atomic E-state index is 0.123. The Hall–Kier alpha value is -2.71. The van der Waals surface area contributed by atoms with Gasteiger partial charge >= 0.3 is 0 Å². The fourth-order valence-electron chi connectivity index (χ4n) is 2.99. The van der Waals surface area contributed by atoms with Gasteiger partial charge in [-0.2, -0.15) is 5.10 Å². The molecule has 7 nitrogen and oxygen atoms in total. The van der Waals surface area contributed by atoms with E-state index in [4.69, 9.17) is 16.3 Å². The number of hydrogen-bond acceptors (Lipinski definition) is 6. The molecule has 0 atom stereocenters. The summed E-state index contributed by atoms with van der Waals surface area (Å²) in [5.41, 5.74) is 3.14. The highest BCUT2D eigenvalue weighted by atomic mass is 35.5. The van der Waals surface area contributed by atoms with Gasteiger partial charge in [-0.05, 0) is 57.0 Å². The summed E-state index contributed by atoms with van der Waals surface area (Å²) in [4.78, 5) is 29.5. The average molecular weight is 447 g/mol. The molecule has 0 bridgehead atoms. The Kier molecular flexibility index (Phi) is 6.89. The third-order valence-electron chi connectivity index (χ3n) is 4.43. The molecule has 0 unspecified atom stereocenters. The van der Waals surface area contributed by atoms with Crippen LogP contribution in [0, 0.1) is 27.7 Å². The summed E-state index contributed by atoms with van der Waals surface area (Å²) in [5.74, 6) is 0.309. The molecule has 0 saturated carbocycles. The van der Waals surface area contributed by atoms with Gasteiger partial charge in [-0.1, -0.05) is 11.6 Å². The number of halogens is 1. The maximum atomic E-state index is 12.1. The lowest BCUT2D eigenvalue weighted by Gasteiger charge is -2.11. The third kappa shape index (κ3) is 5.25. The largest absolute Gasteiger partial charge is 0.484 e. The molecule has 1 aromatic carbocycles. The van der Waals surface area contributed by atoms with Crippen molar-refractivity contribution in [2.24, 2.45) is 0 Å². The molecule has 0 radical (unpaired) electrons. The number of benzene rings is 1. The Morgan fingerprint density at radius 1 is 1.20 bits per heavy atom. The molecule has 0 fully saturated rings. The van der Waals surface area contributed by atoms with Gasteiger partial charge in [0.15, 0.2) is 6.61 Å². The number of carbonyl (C=O) groups is 1. The second-order valence-electron chi connectivity index (χ2n) is 6.94. The normalized spacial score (nSPS) is 10.8. The first-order chi connectivity index (χ1) is 14.2. The van der Waals surface area contributed by atoms with E-state index in [2.05, 4.69) is 15.4 Å². The predicted molar refractivity (Wildman–Crippen MR) is 119 cm³/mol. The van der Waals surface area contributed by atoms with Gasteiger partial charge in [-0.15, -0.1) is 11.3 Å². The minimum Gasteiger partial charge on any atom is -0.484 e.